The quantitative estimate of drug-likeness (QED) is 0.824. The van der Waals surface area contributed by atoms with Crippen LogP contribution in [0.2, 0.25) is 0 Å². The van der Waals surface area contributed by atoms with Crippen LogP contribution in [0.5, 0.6) is 0 Å². The van der Waals surface area contributed by atoms with E-state index in [1.807, 2.05) is 5.38 Å². The van der Waals surface area contributed by atoms with Crippen molar-refractivity contribution in [1.82, 2.24) is 10.3 Å². The molecule has 4 nitrogen and oxygen atoms in total. The first-order chi connectivity index (χ1) is 8.74. The first kappa shape index (κ1) is 13.3. The van der Waals surface area contributed by atoms with Gasteiger partial charge in [0.25, 0.3) is 0 Å². The number of hydrogen-bond donors (Lipinski definition) is 2. The molecular formula is C13H21N3OS. The van der Waals surface area contributed by atoms with E-state index in [0.29, 0.717) is 24.0 Å². The molecule has 0 unspecified atom stereocenters. The third-order valence-electron chi connectivity index (χ3n) is 3.40. The van der Waals surface area contributed by atoms with Crippen molar-refractivity contribution in [3.63, 3.8) is 0 Å². The van der Waals surface area contributed by atoms with Crippen LogP contribution in [0, 0.1) is 0 Å². The summed E-state index contributed by atoms with van der Waals surface area (Å²) in [6.07, 6.45) is 8.58. The van der Waals surface area contributed by atoms with Crippen molar-refractivity contribution in [2.75, 3.05) is 5.73 Å². The third kappa shape index (κ3) is 4.29. The largest absolute Gasteiger partial charge is 0.375 e. The van der Waals surface area contributed by atoms with Crippen molar-refractivity contribution in [3.05, 3.63) is 11.1 Å². The molecule has 5 heteroatoms. The van der Waals surface area contributed by atoms with Gasteiger partial charge in [-0.15, -0.1) is 11.3 Å². The van der Waals surface area contributed by atoms with Gasteiger partial charge in [-0.25, -0.2) is 4.98 Å². The number of aromatic nitrogens is 1. The first-order valence-electron chi connectivity index (χ1n) is 6.73. The lowest BCUT2D eigenvalue weighted by atomic mass is 10.1. The lowest BCUT2D eigenvalue weighted by molar-refractivity contribution is -0.121. The fraction of sp³-hybridized carbons (Fsp3) is 0.692. The van der Waals surface area contributed by atoms with Crippen LogP contribution < -0.4 is 11.1 Å². The number of nitrogen functional groups attached to an aromatic ring is 1. The molecule has 1 saturated carbocycles. The number of thiazole rings is 1. The zero-order valence-electron chi connectivity index (χ0n) is 10.7. The predicted molar refractivity (Wildman–Crippen MR) is 74.5 cm³/mol. The summed E-state index contributed by atoms with van der Waals surface area (Å²) in [7, 11) is 0. The van der Waals surface area contributed by atoms with Crippen LogP contribution in [0.15, 0.2) is 5.38 Å². The van der Waals surface area contributed by atoms with Gasteiger partial charge >= 0.3 is 0 Å². The Morgan fingerprint density at radius 3 is 2.72 bits per heavy atom. The Morgan fingerprint density at radius 2 is 2.11 bits per heavy atom. The van der Waals surface area contributed by atoms with Crippen molar-refractivity contribution in [3.8, 4) is 0 Å². The highest BCUT2D eigenvalue weighted by Crippen LogP contribution is 2.17. The van der Waals surface area contributed by atoms with Crippen LogP contribution in [-0.2, 0) is 11.2 Å². The van der Waals surface area contributed by atoms with Gasteiger partial charge in [0.15, 0.2) is 5.13 Å². The van der Waals surface area contributed by atoms with Crippen LogP contribution in [0.3, 0.4) is 0 Å². The number of nitrogens with two attached hydrogens (primary N) is 1. The van der Waals surface area contributed by atoms with Crippen LogP contribution in [0.25, 0.3) is 0 Å². The molecule has 0 saturated heterocycles. The number of hydrogen-bond acceptors (Lipinski definition) is 4. The zero-order valence-corrected chi connectivity index (χ0v) is 11.5. The average Bonchev–Trinajstić information content (AvgIpc) is 2.60. The number of amides is 1. The molecule has 1 amide bonds. The number of nitrogens with one attached hydrogen (secondary N) is 1. The Morgan fingerprint density at radius 1 is 1.39 bits per heavy atom. The second-order valence-corrected chi connectivity index (χ2v) is 5.82. The highest BCUT2D eigenvalue weighted by atomic mass is 32.1. The molecule has 0 aliphatic heterocycles. The van der Waals surface area contributed by atoms with Gasteiger partial charge in [-0.2, -0.15) is 0 Å². The molecule has 1 aromatic heterocycles. The number of anilines is 1. The fourth-order valence-electron chi connectivity index (χ4n) is 2.40. The van der Waals surface area contributed by atoms with Crippen molar-refractivity contribution in [1.29, 1.82) is 0 Å². The molecule has 2 rings (SSSR count). The molecule has 1 aliphatic rings. The summed E-state index contributed by atoms with van der Waals surface area (Å²) >= 11 is 1.43. The van der Waals surface area contributed by atoms with E-state index >= 15 is 0 Å². The molecule has 0 bridgehead atoms. The molecule has 18 heavy (non-hydrogen) atoms. The van der Waals surface area contributed by atoms with Gasteiger partial charge in [0.2, 0.25) is 5.91 Å². The van der Waals surface area contributed by atoms with Gasteiger partial charge in [-0.3, -0.25) is 4.79 Å². The van der Waals surface area contributed by atoms with Gasteiger partial charge in [-0.05, 0) is 19.3 Å². The number of nitrogens with zero attached hydrogens (tertiary/aromatic N) is 1. The van der Waals surface area contributed by atoms with E-state index in [1.165, 1.54) is 37.0 Å². The summed E-state index contributed by atoms with van der Waals surface area (Å²) < 4.78 is 0. The predicted octanol–water partition coefficient (Wildman–Crippen LogP) is 2.50. The molecule has 0 atom stereocenters. The molecular weight excluding hydrogens is 246 g/mol. The minimum atomic E-state index is 0.147. The van der Waals surface area contributed by atoms with E-state index in [4.69, 9.17) is 5.73 Å². The topological polar surface area (TPSA) is 68.0 Å². The Hall–Kier alpha value is -1.10. The highest BCUT2D eigenvalue weighted by Gasteiger charge is 2.14. The van der Waals surface area contributed by atoms with E-state index in [0.717, 1.165) is 18.5 Å². The van der Waals surface area contributed by atoms with Crippen molar-refractivity contribution >= 4 is 22.4 Å². The summed E-state index contributed by atoms with van der Waals surface area (Å²) in [5.41, 5.74) is 6.48. The van der Waals surface area contributed by atoms with E-state index in [2.05, 4.69) is 10.3 Å². The van der Waals surface area contributed by atoms with Gasteiger partial charge in [0, 0.05) is 17.8 Å². The molecule has 3 N–H and O–H groups in total. The van der Waals surface area contributed by atoms with Crippen molar-refractivity contribution in [2.24, 2.45) is 0 Å². The zero-order chi connectivity index (χ0) is 12.8. The summed E-state index contributed by atoms with van der Waals surface area (Å²) in [4.78, 5) is 16.0. The summed E-state index contributed by atoms with van der Waals surface area (Å²) in [5.74, 6) is 0.147. The van der Waals surface area contributed by atoms with Crippen LogP contribution in [0.1, 0.15) is 50.6 Å². The second-order valence-electron chi connectivity index (χ2n) is 4.93. The van der Waals surface area contributed by atoms with E-state index in [1.54, 1.807) is 0 Å². The molecule has 0 spiro atoms. The molecule has 0 radical (unpaired) electrons. The Balaban J connectivity index is 1.71. The maximum atomic E-state index is 11.8. The Bertz CT molecular complexity index is 383. The van der Waals surface area contributed by atoms with Gasteiger partial charge < -0.3 is 11.1 Å². The highest BCUT2D eigenvalue weighted by molar-refractivity contribution is 7.13. The molecule has 100 valence electrons. The second kappa shape index (κ2) is 6.73. The SMILES string of the molecule is Nc1nc(CCC(=O)NC2CCCCCC2)cs1. The van der Waals surface area contributed by atoms with Crippen LogP contribution in [0.4, 0.5) is 5.13 Å². The number of carbonyl (C=O) groups excluding carboxylic acids is 1. The van der Waals surface area contributed by atoms with Crippen LogP contribution in [-0.4, -0.2) is 16.9 Å². The minimum absolute atomic E-state index is 0.147. The lowest BCUT2D eigenvalue weighted by Gasteiger charge is -2.15. The number of rotatable bonds is 4. The van der Waals surface area contributed by atoms with E-state index in [-0.39, 0.29) is 5.91 Å². The van der Waals surface area contributed by atoms with Crippen molar-refractivity contribution < 1.29 is 4.79 Å². The standard InChI is InChI=1S/C13H21N3OS/c14-13-16-11(9-18-13)7-8-12(17)15-10-5-3-1-2-4-6-10/h9-10H,1-8H2,(H2,14,16)(H,15,17). The lowest BCUT2D eigenvalue weighted by Crippen LogP contribution is -2.34. The molecule has 1 fully saturated rings. The molecule has 1 heterocycles. The molecule has 0 aromatic carbocycles. The summed E-state index contributed by atoms with van der Waals surface area (Å²) in [6, 6.07) is 0.389. The van der Waals surface area contributed by atoms with Gasteiger partial charge in [0.1, 0.15) is 0 Å². The summed E-state index contributed by atoms with van der Waals surface area (Å²) in [5, 5.41) is 5.64. The number of aryl methyl sites for hydroxylation is 1. The van der Waals surface area contributed by atoms with Crippen molar-refractivity contribution in [2.45, 2.75) is 57.4 Å². The summed E-state index contributed by atoms with van der Waals surface area (Å²) in [6.45, 7) is 0. The van der Waals surface area contributed by atoms with E-state index in [9.17, 15) is 4.79 Å². The Kier molecular flexibility index (Phi) is 4.99. The normalized spacial score (nSPS) is 17.3. The number of carbonyl (C=O) groups is 1. The van der Waals surface area contributed by atoms with Gasteiger partial charge in [0.05, 0.1) is 5.69 Å². The van der Waals surface area contributed by atoms with E-state index < -0.39 is 0 Å². The third-order valence-corrected chi connectivity index (χ3v) is 4.12. The maximum Gasteiger partial charge on any atom is 0.220 e. The smallest absolute Gasteiger partial charge is 0.220 e. The Labute approximate surface area is 112 Å². The monoisotopic (exact) mass is 267 g/mol. The minimum Gasteiger partial charge on any atom is -0.375 e. The fourth-order valence-corrected chi connectivity index (χ4v) is 3.00. The molecule has 1 aliphatic carbocycles. The van der Waals surface area contributed by atoms with Gasteiger partial charge in [-0.1, -0.05) is 25.7 Å². The van der Waals surface area contributed by atoms with Crippen LogP contribution >= 0.6 is 11.3 Å². The molecule has 1 aromatic rings. The average molecular weight is 267 g/mol. The first-order valence-corrected chi connectivity index (χ1v) is 7.61. The maximum absolute atomic E-state index is 11.8.